The second kappa shape index (κ2) is 11.8. The second-order valence-electron chi connectivity index (χ2n) is 13.9. The summed E-state index contributed by atoms with van der Waals surface area (Å²) in [6, 6.07) is 63.6. The SMILES string of the molecule is [C-]#[N+]c1ccc2c(c1)c1c(-n3c4ccccc4c4ccccc43)cccc1n2-c1ccc(C#N)cc1-c1ccc(-n2c3ccccc3c3ccccc32)cc1. The van der Waals surface area contributed by atoms with Crippen molar-refractivity contribution in [1.82, 2.24) is 13.7 Å². The Bertz CT molecular complexity index is 3350. The molecule has 3 aromatic heterocycles. The zero-order valence-corrected chi connectivity index (χ0v) is 29.5. The molecule has 0 N–H and O–H groups in total. The third-order valence-corrected chi connectivity index (χ3v) is 11.1. The molecule has 0 spiro atoms. The molecule has 5 heteroatoms. The predicted octanol–water partition coefficient (Wildman–Crippen LogP) is 13.1. The Hall–Kier alpha value is -7.86. The standard InChI is InChI=1S/C50H29N5/c1-52-34-24-28-47-41(30-34)50-48(54-44-17-8-4-13-38(44)39-14-5-9-18-45(39)54)19-10-20-49(50)55(47)46-27-21-32(31-51)29-40(46)33-22-25-35(26-23-33)53-42-15-6-2-11-36(42)37-12-3-7-16-43(37)53/h2-30H. The van der Waals surface area contributed by atoms with E-state index in [0.717, 1.165) is 72.1 Å². The first kappa shape index (κ1) is 30.7. The normalized spacial score (nSPS) is 11.6. The summed E-state index contributed by atoms with van der Waals surface area (Å²) >= 11 is 0. The summed E-state index contributed by atoms with van der Waals surface area (Å²) in [4.78, 5) is 3.85. The van der Waals surface area contributed by atoms with E-state index < -0.39 is 0 Å². The molecule has 0 amide bonds. The minimum absolute atomic E-state index is 0.587. The summed E-state index contributed by atoms with van der Waals surface area (Å²) in [6.07, 6.45) is 0. The lowest BCUT2D eigenvalue weighted by atomic mass is 10.00. The lowest BCUT2D eigenvalue weighted by Gasteiger charge is -2.16. The molecule has 11 rings (SSSR count). The van der Waals surface area contributed by atoms with Gasteiger partial charge in [0, 0.05) is 38.2 Å². The van der Waals surface area contributed by atoms with Crippen molar-refractivity contribution in [3.05, 3.63) is 193 Å². The van der Waals surface area contributed by atoms with Crippen LogP contribution in [0.2, 0.25) is 0 Å². The fourth-order valence-corrected chi connectivity index (χ4v) is 8.76. The Morgan fingerprint density at radius 2 is 0.964 bits per heavy atom. The van der Waals surface area contributed by atoms with Gasteiger partial charge in [-0.1, -0.05) is 97.1 Å². The molecule has 0 aliphatic rings. The van der Waals surface area contributed by atoms with Crippen molar-refractivity contribution in [2.45, 2.75) is 0 Å². The Morgan fingerprint density at radius 1 is 0.436 bits per heavy atom. The monoisotopic (exact) mass is 699 g/mol. The molecule has 0 atom stereocenters. The maximum atomic E-state index is 10.1. The number of fused-ring (bicyclic) bond motifs is 9. The van der Waals surface area contributed by atoms with E-state index in [2.05, 4.69) is 176 Å². The van der Waals surface area contributed by atoms with Crippen LogP contribution in [0.25, 0.3) is 98.5 Å². The Balaban J connectivity index is 1.17. The molecular formula is C50H29N5. The van der Waals surface area contributed by atoms with Gasteiger partial charge in [-0.25, -0.2) is 4.85 Å². The van der Waals surface area contributed by atoms with Crippen molar-refractivity contribution in [3.63, 3.8) is 0 Å². The van der Waals surface area contributed by atoms with Crippen LogP contribution in [0.4, 0.5) is 5.69 Å². The van der Waals surface area contributed by atoms with E-state index in [0.29, 0.717) is 11.3 Å². The molecule has 0 saturated heterocycles. The first-order valence-corrected chi connectivity index (χ1v) is 18.3. The quantitative estimate of drug-likeness (QED) is 0.169. The second-order valence-corrected chi connectivity index (χ2v) is 13.9. The van der Waals surface area contributed by atoms with Crippen LogP contribution in [-0.4, -0.2) is 13.7 Å². The predicted molar refractivity (Wildman–Crippen MR) is 226 cm³/mol. The van der Waals surface area contributed by atoms with Gasteiger partial charge in [-0.15, -0.1) is 0 Å². The van der Waals surface area contributed by atoms with Crippen LogP contribution in [0.15, 0.2) is 176 Å². The van der Waals surface area contributed by atoms with E-state index in [1.165, 1.54) is 21.5 Å². The van der Waals surface area contributed by atoms with Crippen LogP contribution in [0.5, 0.6) is 0 Å². The number of aromatic nitrogens is 3. The van der Waals surface area contributed by atoms with E-state index in [1.807, 2.05) is 24.3 Å². The highest BCUT2D eigenvalue weighted by Gasteiger charge is 2.22. The molecule has 5 nitrogen and oxygen atoms in total. The molecule has 8 aromatic carbocycles. The smallest absolute Gasteiger partial charge is 0.188 e. The first-order chi connectivity index (χ1) is 27.2. The van der Waals surface area contributed by atoms with Gasteiger partial charge in [-0.3, -0.25) is 0 Å². The Morgan fingerprint density at radius 3 is 1.55 bits per heavy atom. The number of nitriles is 1. The van der Waals surface area contributed by atoms with Crippen LogP contribution in [-0.2, 0) is 0 Å². The average molecular weight is 700 g/mol. The molecule has 0 fully saturated rings. The van der Waals surface area contributed by atoms with Crippen molar-refractivity contribution >= 4 is 71.1 Å². The molecule has 0 aliphatic heterocycles. The topological polar surface area (TPSA) is 42.9 Å². The van der Waals surface area contributed by atoms with E-state index in [1.54, 1.807) is 0 Å². The summed E-state index contributed by atoms with van der Waals surface area (Å²) in [5, 5.41) is 17.0. The number of hydrogen-bond acceptors (Lipinski definition) is 1. The van der Waals surface area contributed by atoms with Crippen molar-refractivity contribution in [3.8, 4) is 34.3 Å². The Kier molecular flexibility index (Phi) is 6.61. The van der Waals surface area contributed by atoms with E-state index in [9.17, 15) is 5.26 Å². The highest BCUT2D eigenvalue weighted by atomic mass is 15.0. The van der Waals surface area contributed by atoms with Gasteiger partial charge in [0.25, 0.3) is 0 Å². The number of rotatable bonds is 4. The van der Waals surface area contributed by atoms with Crippen LogP contribution >= 0.6 is 0 Å². The number of para-hydroxylation sites is 4. The van der Waals surface area contributed by atoms with E-state index in [4.69, 9.17) is 6.57 Å². The maximum Gasteiger partial charge on any atom is 0.188 e. The van der Waals surface area contributed by atoms with Crippen molar-refractivity contribution in [1.29, 1.82) is 5.26 Å². The highest BCUT2D eigenvalue weighted by molar-refractivity contribution is 6.17. The van der Waals surface area contributed by atoms with Gasteiger partial charge in [-0.2, -0.15) is 5.26 Å². The van der Waals surface area contributed by atoms with Gasteiger partial charge >= 0.3 is 0 Å². The number of benzene rings is 8. The van der Waals surface area contributed by atoms with Gasteiger partial charge in [0.15, 0.2) is 5.69 Å². The summed E-state index contributed by atoms with van der Waals surface area (Å²) < 4.78 is 6.97. The minimum Gasteiger partial charge on any atom is -0.309 e. The molecule has 0 saturated carbocycles. The minimum atomic E-state index is 0.587. The molecule has 0 bridgehead atoms. The van der Waals surface area contributed by atoms with Crippen LogP contribution in [0, 0.1) is 17.9 Å². The maximum absolute atomic E-state index is 10.1. The fraction of sp³-hybridized carbons (Fsp3) is 0. The summed E-state index contributed by atoms with van der Waals surface area (Å²) in [7, 11) is 0. The molecule has 3 heterocycles. The molecule has 0 unspecified atom stereocenters. The zero-order chi connectivity index (χ0) is 36.6. The van der Waals surface area contributed by atoms with Crippen LogP contribution in [0.1, 0.15) is 5.56 Å². The third kappa shape index (κ3) is 4.45. The van der Waals surface area contributed by atoms with Crippen LogP contribution < -0.4 is 0 Å². The zero-order valence-electron chi connectivity index (χ0n) is 29.5. The summed E-state index contributed by atoms with van der Waals surface area (Å²) in [5.41, 5.74) is 12.8. The Labute approximate surface area is 316 Å². The number of hydrogen-bond donors (Lipinski definition) is 0. The first-order valence-electron chi connectivity index (χ1n) is 18.3. The molecular weight excluding hydrogens is 671 g/mol. The highest BCUT2D eigenvalue weighted by Crippen LogP contribution is 2.43. The van der Waals surface area contributed by atoms with Crippen molar-refractivity contribution < 1.29 is 0 Å². The molecule has 0 radical (unpaired) electrons. The summed E-state index contributed by atoms with van der Waals surface area (Å²) in [5.74, 6) is 0. The van der Waals surface area contributed by atoms with Crippen LogP contribution in [0.3, 0.4) is 0 Å². The van der Waals surface area contributed by atoms with E-state index >= 15 is 0 Å². The van der Waals surface area contributed by atoms with Crippen molar-refractivity contribution in [2.24, 2.45) is 0 Å². The van der Waals surface area contributed by atoms with Gasteiger partial charge < -0.3 is 13.7 Å². The van der Waals surface area contributed by atoms with Gasteiger partial charge in [0.2, 0.25) is 0 Å². The van der Waals surface area contributed by atoms with Gasteiger partial charge in [0.05, 0.1) is 62.7 Å². The molecule has 254 valence electrons. The lowest BCUT2D eigenvalue weighted by Crippen LogP contribution is -1.99. The molecule has 11 aromatic rings. The molecule has 55 heavy (non-hydrogen) atoms. The number of nitrogens with zero attached hydrogens (tertiary/aromatic N) is 5. The third-order valence-electron chi connectivity index (χ3n) is 11.1. The largest absolute Gasteiger partial charge is 0.309 e. The average Bonchev–Trinajstić information content (AvgIpc) is 3.89. The van der Waals surface area contributed by atoms with Gasteiger partial charge in [0.1, 0.15) is 0 Å². The van der Waals surface area contributed by atoms with E-state index in [-0.39, 0.29) is 0 Å². The molecule has 0 aliphatic carbocycles. The lowest BCUT2D eigenvalue weighted by molar-refractivity contribution is 1.16. The van der Waals surface area contributed by atoms with Gasteiger partial charge in [-0.05, 0) is 89.8 Å². The summed E-state index contributed by atoms with van der Waals surface area (Å²) in [6.45, 7) is 7.94. The van der Waals surface area contributed by atoms with Crippen molar-refractivity contribution in [2.75, 3.05) is 0 Å². The fourth-order valence-electron chi connectivity index (χ4n) is 8.76.